The van der Waals surface area contributed by atoms with Crippen molar-refractivity contribution in [2.45, 2.75) is 26.2 Å². The predicted octanol–water partition coefficient (Wildman–Crippen LogP) is 2.13. The summed E-state index contributed by atoms with van der Waals surface area (Å²) < 4.78 is 18.7. The van der Waals surface area contributed by atoms with Crippen molar-refractivity contribution in [2.75, 3.05) is 52.4 Å². The average molecular weight is 351 g/mol. The number of hydrogen-bond acceptors (Lipinski definition) is 4. The number of ether oxygens (including phenoxy) is 1. The van der Waals surface area contributed by atoms with Crippen LogP contribution in [-0.2, 0) is 4.79 Å². The molecule has 0 unspecified atom stereocenters. The molecule has 1 aliphatic heterocycles. The maximum atomic E-state index is 13.4. The number of carbonyl (C=O) groups excluding carboxylic acids is 1. The van der Waals surface area contributed by atoms with Crippen LogP contribution in [0.5, 0.6) is 5.75 Å². The molecule has 1 fully saturated rings. The number of para-hydroxylation sites is 1. The van der Waals surface area contributed by atoms with Gasteiger partial charge in [0.05, 0.1) is 6.61 Å². The summed E-state index contributed by atoms with van der Waals surface area (Å²) in [6.45, 7) is 9.95. The Morgan fingerprint density at radius 3 is 2.60 bits per heavy atom. The molecule has 0 aromatic heterocycles. The number of nitrogens with zero attached hydrogens (tertiary/aromatic N) is 2. The van der Waals surface area contributed by atoms with Crippen LogP contribution < -0.4 is 10.1 Å². The minimum Gasteiger partial charge on any atom is -0.491 e. The SMILES string of the molecule is CCN1CCN(CCCNC(=O)CCCOc2ccccc2F)CC1. The fourth-order valence-electron chi connectivity index (χ4n) is 2.92. The lowest BCUT2D eigenvalue weighted by Crippen LogP contribution is -2.46. The highest BCUT2D eigenvalue weighted by Gasteiger charge is 2.14. The summed E-state index contributed by atoms with van der Waals surface area (Å²) in [6.07, 6.45) is 1.96. The average Bonchev–Trinajstić information content (AvgIpc) is 2.64. The number of hydrogen-bond donors (Lipinski definition) is 1. The third-order valence-corrected chi connectivity index (χ3v) is 4.53. The van der Waals surface area contributed by atoms with Gasteiger partial charge in [-0.1, -0.05) is 19.1 Å². The molecule has 1 heterocycles. The van der Waals surface area contributed by atoms with E-state index in [1.54, 1.807) is 18.2 Å². The third-order valence-electron chi connectivity index (χ3n) is 4.53. The quantitative estimate of drug-likeness (QED) is 0.656. The molecule has 0 radical (unpaired) electrons. The molecule has 5 nitrogen and oxygen atoms in total. The lowest BCUT2D eigenvalue weighted by Gasteiger charge is -2.33. The number of nitrogens with one attached hydrogen (secondary N) is 1. The Balaban J connectivity index is 1.47. The van der Waals surface area contributed by atoms with Gasteiger partial charge < -0.3 is 19.9 Å². The topological polar surface area (TPSA) is 44.8 Å². The van der Waals surface area contributed by atoms with Gasteiger partial charge in [-0.2, -0.15) is 0 Å². The summed E-state index contributed by atoms with van der Waals surface area (Å²) in [7, 11) is 0. The molecule has 1 saturated heterocycles. The summed E-state index contributed by atoms with van der Waals surface area (Å²) in [5, 5.41) is 2.95. The predicted molar refractivity (Wildman–Crippen MR) is 97.3 cm³/mol. The standard InChI is InChI=1S/C19H30FN3O2/c1-2-22-12-14-23(15-13-22)11-6-10-21-19(24)9-5-16-25-18-8-4-3-7-17(18)20/h3-4,7-8H,2,5-6,9-16H2,1H3,(H,21,24). The highest BCUT2D eigenvalue weighted by atomic mass is 19.1. The van der Waals surface area contributed by atoms with E-state index >= 15 is 0 Å². The number of rotatable bonds is 10. The Bertz CT molecular complexity index is 519. The van der Waals surface area contributed by atoms with Crippen molar-refractivity contribution in [3.8, 4) is 5.75 Å². The van der Waals surface area contributed by atoms with E-state index in [2.05, 4.69) is 22.0 Å². The Hall–Kier alpha value is -1.66. The fraction of sp³-hybridized carbons (Fsp3) is 0.632. The maximum Gasteiger partial charge on any atom is 0.220 e. The van der Waals surface area contributed by atoms with Gasteiger partial charge in [-0.3, -0.25) is 4.79 Å². The minimum absolute atomic E-state index is 0.0351. The molecule has 140 valence electrons. The molecular weight excluding hydrogens is 321 g/mol. The molecule has 0 saturated carbocycles. The smallest absolute Gasteiger partial charge is 0.220 e. The van der Waals surface area contributed by atoms with E-state index in [1.165, 1.54) is 6.07 Å². The van der Waals surface area contributed by atoms with Crippen molar-refractivity contribution < 1.29 is 13.9 Å². The van der Waals surface area contributed by atoms with Gasteiger partial charge in [-0.25, -0.2) is 4.39 Å². The normalized spacial score (nSPS) is 15.9. The molecule has 0 atom stereocenters. The summed E-state index contributed by atoms with van der Waals surface area (Å²) in [5.74, 6) is -0.0919. The maximum absolute atomic E-state index is 13.4. The third kappa shape index (κ3) is 7.40. The van der Waals surface area contributed by atoms with Crippen molar-refractivity contribution >= 4 is 5.91 Å². The fourth-order valence-corrected chi connectivity index (χ4v) is 2.92. The molecule has 1 amide bonds. The van der Waals surface area contributed by atoms with Crippen LogP contribution in [0.2, 0.25) is 0 Å². The zero-order chi connectivity index (χ0) is 17.9. The first-order chi connectivity index (χ1) is 12.2. The first-order valence-electron chi connectivity index (χ1n) is 9.27. The molecule has 1 aromatic rings. The van der Waals surface area contributed by atoms with Gasteiger partial charge >= 0.3 is 0 Å². The summed E-state index contributed by atoms with van der Waals surface area (Å²) in [6, 6.07) is 6.31. The van der Waals surface area contributed by atoms with Crippen LogP contribution in [0.1, 0.15) is 26.2 Å². The van der Waals surface area contributed by atoms with Gasteiger partial charge in [0.25, 0.3) is 0 Å². The number of likely N-dealkylation sites (N-methyl/N-ethyl adjacent to an activating group) is 1. The van der Waals surface area contributed by atoms with Crippen molar-refractivity contribution in [1.82, 2.24) is 15.1 Å². The van der Waals surface area contributed by atoms with Crippen LogP contribution in [0.3, 0.4) is 0 Å². The molecule has 6 heteroatoms. The lowest BCUT2D eigenvalue weighted by atomic mass is 10.2. The van der Waals surface area contributed by atoms with E-state index in [-0.39, 0.29) is 17.5 Å². The van der Waals surface area contributed by atoms with Crippen molar-refractivity contribution in [2.24, 2.45) is 0 Å². The van der Waals surface area contributed by atoms with Gasteiger partial charge in [-0.15, -0.1) is 0 Å². The van der Waals surface area contributed by atoms with E-state index in [1.807, 2.05) is 0 Å². The van der Waals surface area contributed by atoms with Crippen molar-refractivity contribution in [1.29, 1.82) is 0 Å². The molecule has 1 N–H and O–H groups in total. The Labute approximate surface area is 150 Å². The van der Waals surface area contributed by atoms with E-state index < -0.39 is 0 Å². The lowest BCUT2D eigenvalue weighted by molar-refractivity contribution is -0.121. The Morgan fingerprint density at radius 2 is 1.88 bits per heavy atom. The molecule has 2 rings (SSSR count). The Morgan fingerprint density at radius 1 is 1.16 bits per heavy atom. The summed E-state index contributed by atoms with van der Waals surface area (Å²) in [5.41, 5.74) is 0. The highest BCUT2D eigenvalue weighted by Crippen LogP contribution is 2.15. The van der Waals surface area contributed by atoms with Crippen LogP contribution >= 0.6 is 0 Å². The van der Waals surface area contributed by atoms with E-state index in [0.717, 1.165) is 45.7 Å². The largest absolute Gasteiger partial charge is 0.491 e. The number of benzene rings is 1. The number of halogens is 1. The van der Waals surface area contributed by atoms with Gasteiger partial charge in [0.2, 0.25) is 5.91 Å². The first kappa shape index (κ1) is 19.7. The van der Waals surface area contributed by atoms with Crippen LogP contribution in [0.4, 0.5) is 4.39 Å². The van der Waals surface area contributed by atoms with E-state index in [9.17, 15) is 9.18 Å². The number of amides is 1. The molecular formula is C19H30FN3O2. The second kappa shape index (κ2) is 11.1. The molecule has 0 bridgehead atoms. The van der Waals surface area contributed by atoms with E-state index in [4.69, 9.17) is 4.74 Å². The van der Waals surface area contributed by atoms with Gasteiger partial charge in [0.1, 0.15) is 0 Å². The van der Waals surface area contributed by atoms with Crippen molar-refractivity contribution in [3.05, 3.63) is 30.1 Å². The first-order valence-corrected chi connectivity index (χ1v) is 9.27. The molecule has 0 aliphatic carbocycles. The minimum atomic E-state index is -0.369. The van der Waals surface area contributed by atoms with Gasteiger partial charge in [0, 0.05) is 39.1 Å². The highest BCUT2D eigenvalue weighted by molar-refractivity contribution is 5.75. The van der Waals surface area contributed by atoms with Crippen LogP contribution in [0.25, 0.3) is 0 Å². The molecule has 25 heavy (non-hydrogen) atoms. The van der Waals surface area contributed by atoms with Crippen LogP contribution in [0.15, 0.2) is 24.3 Å². The van der Waals surface area contributed by atoms with Gasteiger partial charge in [0.15, 0.2) is 11.6 Å². The number of carbonyl (C=O) groups is 1. The molecule has 0 spiro atoms. The zero-order valence-corrected chi connectivity index (χ0v) is 15.2. The van der Waals surface area contributed by atoms with Crippen molar-refractivity contribution in [3.63, 3.8) is 0 Å². The number of piperazine rings is 1. The summed E-state index contributed by atoms with van der Waals surface area (Å²) in [4.78, 5) is 16.7. The second-order valence-corrected chi connectivity index (χ2v) is 6.36. The van der Waals surface area contributed by atoms with Crippen LogP contribution in [-0.4, -0.2) is 68.1 Å². The summed E-state index contributed by atoms with van der Waals surface area (Å²) >= 11 is 0. The van der Waals surface area contributed by atoms with Gasteiger partial charge in [-0.05, 0) is 38.1 Å². The molecule has 1 aliphatic rings. The monoisotopic (exact) mass is 351 g/mol. The Kier molecular flexibility index (Phi) is 8.69. The molecule has 1 aromatic carbocycles. The second-order valence-electron chi connectivity index (χ2n) is 6.36. The van der Waals surface area contributed by atoms with E-state index in [0.29, 0.717) is 26.0 Å². The van der Waals surface area contributed by atoms with Crippen LogP contribution in [0, 0.1) is 5.82 Å². The zero-order valence-electron chi connectivity index (χ0n) is 15.2.